The van der Waals surface area contributed by atoms with E-state index in [9.17, 15) is 4.79 Å². The van der Waals surface area contributed by atoms with Gasteiger partial charge in [-0.1, -0.05) is 50.3 Å². The van der Waals surface area contributed by atoms with Crippen LogP contribution >= 0.6 is 0 Å². The van der Waals surface area contributed by atoms with Gasteiger partial charge in [0.15, 0.2) is 5.78 Å². The van der Waals surface area contributed by atoms with Crippen molar-refractivity contribution in [3.8, 4) is 6.07 Å². The molecule has 0 radical (unpaired) electrons. The summed E-state index contributed by atoms with van der Waals surface area (Å²) in [5.74, 6) is 0.602. The molecule has 0 bridgehead atoms. The number of ketones is 1. The zero-order valence-corrected chi connectivity index (χ0v) is 11.5. The number of nitrogens with zero attached hydrogens (tertiary/aromatic N) is 1. The first-order chi connectivity index (χ1) is 9.05. The molecule has 1 aromatic rings. The Morgan fingerprint density at radius 1 is 1.42 bits per heavy atom. The molecule has 1 aliphatic carbocycles. The Morgan fingerprint density at radius 2 is 2.11 bits per heavy atom. The van der Waals surface area contributed by atoms with Crippen LogP contribution in [0.1, 0.15) is 32.3 Å². The van der Waals surface area contributed by atoms with Crippen molar-refractivity contribution in [2.24, 2.45) is 17.3 Å². The Morgan fingerprint density at radius 3 is 2.68 bits per heavy atom. The predicted molar refractivity (Wildman–Crippen MR) is 76.1 cm³/mol. The Bertz CT molecular complexity index is 522. The lowest BCUT2D eigenvalue weighted by Gasteiger charge is -2.50. The van der Waals surface area contributed by atoms with Crippen molar-refractivity contribution in [3.63, 3.8) is 0 Å². The van der Waals surface area contributed by atoms with Crippen LogP contribution in [0.2, 0.25) is 0 Å². The van der Waals surface area contributed by atoms with Crippen LogP contribution < -0.4 is 0 Å². The molecule has 1 saturated carbocycles. The first-order valence-corrected chi connectivity index (χ1v) is 6.69. The number of hydrogen-bond donors (Lipinski definition) is 0. The van der Waals surface area contributed by atoms with Crippen LogP contribution in [0.5, 0.6) is 0 Å². The lowest BCUT2D eigenvalue weighted by Crippen LogP contribution is -2.48. The molecule has 0 spiro atoms. The van der Waals surface area contributed by atoms with Gasteiger partial charge in [-0.2, -0.15) is 5.26 Å². The van der Waals surface area contributed by atoms with Gasteiger partial charge in [-0.3, -0.25) is 4.79 Å². The summed E-state index contributed by atoms with van der Waals surface area (Å²) in [5.41, 5.74) is 0.995. The molecule has 0 aliphatic heterocycles. The normalized spacial score (nSPS) is 24.7. The van der Waals surface area contributed by atoms with Crippen LogP contribution in [0, 0.1) is 28.6 Å². The molecule has 2 atom stereocenters. The average molecular weight is 253 g/mol. The van der Waals surface area contributed by atoms with E-state index in [4.69, 9.17) is 5.26 Å². The molecule has 2 heteroatoms. The van der Waals surface area contributed by atoms with E-state index in [0.717, 1.165) is 12.0 Å². The van der Waals surface area contributed by atoms with Gasteiger partial charge in [0, 0.05) is 12.3 Å². The molecule has 0 N–H and O–H groups in total. The van der Waals surface area contributed by atoms with Crippen LogP contribution in [-0.4, -0.2) is 5.78 Å². The number of nitriles is 1. The first kappa shape index (κ1) is 13.5. The molecule has 98 valence electrons. The fourth-order valence-corrected chi connectivity index (χ4v) is 2.81. The quantitative estimate of drug-likeness (QED) is 0.765. The van der Waals surface area contributed by atoms with Crippen LogP contribution in [0.25, 0.3) is 6.08 Å². The SMILES string of the molecule is CC1(C)C(CC#N)CC1C(=O)C=Cc1ccccc1. The third-order valence-corrected chi connectivity index (χ3v) is 4.39. The Labute approximate surface area is 114 Å². The largest absolute Gasteiger partial charge is 0.295 e. The third kappa shape index (κ3) is 2.76. The van der Waals surface area contributed by atoms with Crippen molar-refractivity contribution in [1.82, 2.24) is 0 Å². The van der Waals surface area contributed by atoms with Gasteiger partial charge < -0.3 is 0 Å². The third-order valence-electron chi connectivity index (χ3n) is 4.39. The predicted octanol–water partition coefficient (Wildman–Crippen LogP) is 3.84. The fraction of sp³-hybridized carbons (Fsp3) is 0.412. The molecule has 0 saturated heterocycles. The highest BCUT2D eigenvalue weighted by molar-refractivity contribution is 5.96. The highest BCUT2D eigenvalue weighted by Crippen LogP contribution is 2.53. The Balaban J connectivity index is 1.99. The first-order valence-electron chi connectivity index (χ1n) is 6.69. The van der Waals surface area contributed by atoms with Gasteiger partial charge in [0.25, 0.3) is 0 Å². The molecule has 1 aromatic carbocycles. The van der Waals surface area contributed by atoms with E-state index >= 15 is 0 Å². The van der Waals surface area contributed by atoms with Crippen LogP contribution in [0.15, 0.2) is 36.4 Å². The topological polar surface area (TPSA) is 40.9 Å². The van der Waals surface area contributed by atoms with Gasteiger partial charge in [0.2, 0.25) is 0 Å². The van der Waals surface area contributed by atoms with Gasteiger partial charge in [-0.05, 0) is 29.4 Å². The van der Waals surface area contributed by atoms with Crippen molar-refractivity contribution in [2.45, 2.75) is 26.7 Å². The molecule has 1 aliphatic rings. The summed E-state index contributed by atoms with van der Waals surface area (Å²) in [6, 6.07) is 12.1. The number of benzene rings is 1. The maximum Gasteiger partial charge on any atom is 0.159 e. The summed E-state index contributed by atoms with van der Waals surface area (Å²) in [4.78, 5) is 12.2. The molecule has 0 aromatic heterocycles. The van der Waals surface area contributed by atoms with Gasteiger partial charge >= 0.3 is 0 Å². The second-order valence-corrected chi connectivity index (χ2v) is 5.82. The fourth-order valence-electron chi connectivity index (χ4n) is 2.81. The number of carbonyl (C=O) groups excluding carboxylic acids is 1. The van der Waals surface area contributed by atoms with E-state index in [1.807, 2.05) is 36.4 Å². The van der Waals surface area contributed by atoms with Crippen molar-refractivity contribution < 1.29 is 4.79 Å². The van der Waals surface area contributed by atoms with Gasteiger partial charge in [0.1, 0.15) is 0 Å². The van der Waals surface area contributed by atoms with E-state index in [2.05, 4.69) is 19.9 Å². The van der Waals surface area contributed by atoms with E-state index in [1.54, 1.807) is 6.08 Å². The van der Waals surface area contributed by atoms with Gasteiger partial charge in [0.05, 0.1) is 6.07 Å². The van der Waals surface area contributed by atoms with Gasteiger partial charge in [-0.25, -0.2) is 0 Å². The molecular formula is C17H19NO. The van der Waals surface area contributed by atoms with Crippen molar-refractivity contribution in [1.29, 1.82) is 5.26 Å². The minimum atomic E-state index is -0.0478. The summed E-state index contributed by atoms with van der Waals surface area (Å²) in [5, 5.41) is 8.76. The molecular weight excluding hydrogens is 234 g/mol. The maximum atomic E-state index is 12.2. The highest BCUT2D eigenvalue weighted by atomic mass is 16.1. The second kappa shape index (κ2) is 5.40. The highest BCUT2D eigenvalue weighted by Gasteiger charge is 2.50. The molecule has 0 amide bonds. The number of allylic oxidation sites excluding steroid dienone is 1. The van der Waals surface area contributed by atoms with E-state index in [1.165, 1.54) is 0 Å². The minimum Gasteiger partial charge on any atom is -0.295 e. The molecule has 1 fully saturated rings. The average Bonchev–Trinajstić information content (AvgIpc) is 2.41. The summed E-state index contributed by atoms with van der Waals surface area (Å²) < 4.78 is 0. The zero-order chi connectivity index (χ0) is 13.9. The lowest BCUT2D eigenvalue weighted by atomic mass is 9.52. The van der Waals surface area contributed by atoms with E-state index < -0.39 is 0 Å². The summed E-state index contributed by atoms with van der Waals surface area (Å²) in [6.45, 7) is 4.19. The molecule has 2 nitrogen and oxygen atoms in total. The summed E-state index contributed by atoms with van der Waals surface area (Å²) >= 11 is 0. The van der Waals surface area contributed by atoms with Crippen molar-refractivity contribution in [3.05, 3.63) is 42.0 Å². The van der Waals surface area contributed by atoms with Crippen molar-refractivity contribution >= 4 is 11.9 Å². The Kier molecular flexibility index (Phi) is 3.85. The van der Waals surface area contributed by atoms with Crippen LogP contribution in [0.4, 0.5) is 0 Å². The zero-order valence-electron chi connectivity index (χ0n) is 11.5. The smallest absolute Gasteiger partial charge is 0.159 e. The molecule has 2 unspecified atom stereocenters. The number of rotatable bonds is 4. The molecule has 0 heterocycles. The standard InChI is InChI=1S/C17H19NO/c1-17(2)14(10-11-18)12-15(17)16(19)9-8-13-6-4-3-5-7-13/h3-9,14-15H,10,12H2,1-2H3. The Hall–Kier alpha value is -1.88. The number of hydrogen-bond acceptors (Lipinski definition) is 2. The monoisotopic (exact) mass is 253 g/mol. The van der Waals surface area contributed by atoms with Crippen LogP contribution in [0.3, 0.4) is 0 Å². The lowest BCUT2D eigenvalue weighted by molar-refractivity contribution is -0.132. The molecule has 2 rings (SSSR count). The van der Waals surface area contributed by atoms with E-state index in [0.29, 0.717) is 12.3 Å². The number of carbonyl (C=O) groups is 1. The van der Waals surface area contributed by atoms with Gasteiger partial charge in [-0.15, -0.1) is 0 Å². The van der Waals surface area contributed by atoms with Crippen molar-refractivity contribution in [2.75, 3.05) is 0 Å². The molecule has 19 heavy (non-hydrogen) atoms. The second-order valence-electron chi connectivity index (χ2n) is 5.82. The summed E-state index contributed by atoms with van der Waals surface area (Å²) in [7, 11) is 0. The van der Waals surface area contributed by atoms with E-state index in [-0.39, 0.29) is 17.1 Å². The summed E-state index contributed by atoms with van der Waals surface area (Å²) in [6.07, 6.45) is 4.96. The minimum absolute atomic E-state index is 0.0478. The maximum absolute atomic E-state index is 12.2. The van der Waals surface area contributed by atoms with Crippen LogP contribution in [-0.2, 0) is 4.79 Å².